The highest BCUT2D eigenvalue weighted by molar-refractivity contribution is 6.06. The zero-order valence-corrected chi connectivity index (χ0v) is 15.0. The molecule has 138 valence electrons. The lowest BCUT2D eigenvalue weighted by Crippen LogP contribution is -2.38. The Morgan fingerprint density at radius 1 is 1.15 bits per heavy atom. The molecule has 2 aliphatic rings. The number of benzene rings is 1. The van der Waals surface area contributed by atoms with Crippen molar-refractivity contribution in [3.8, 4) is 11.3 Å². The average molecular weight is 365 g/mol. The van der Waals surface area contributed by atoms with E-state index in [0.717, 1.165) is 16.2 Å². The van der Waals surface area contributed by atoms with Gasteiger partial charge in [-0.05, 0) is 25.1 Å². The van der Waals surface area contributed by atoms with Gasteiger partial charge in [0.05, 0.1) is 17.5 Å². The van der Waals surface area contributed by atoms with Crippen LogP contribution in [0.1, 0.15) is 5.82 Å². The Morgan fingerprint density at radius 3 is 2.52 bits per heavy atom. The average Bonchev–Trinajstić information content (AvgIpc) is 3.19. The fraction of sp³-hybridized carbons (Fsp3) is 0.316. The van der Waals surface area contributed by atoms with Gasteiger partial charge in [0.1, 0.15) is 5.82 Å². The predicted octanol–water partition coefficient (Wildman–Crippen LogP) is 1.53. The van der Waals surface area contributed by atoms with Crippen molar-refractivity contribution >= 4 is 23.5 Å². The molecule has 0 aliphatic carbocycles. The van der Waals surface area contributed by atoms with E-state index < -0.39 is 11.8 Å². The number of nitrogens with one attached hydrogen (secondary N) is 1. The lowest BCUT2D eigenvalue weighted by Gasteiger charge is -2.19. The summed E-state index contributed by atoms with van der Waals surface area (Å²) < 4.78 is 0. The first-order valence-electron chi connectivity index (χ1n) is 8.71. The van der Waals surface area contributed by atoms with Crippen molar-refractivity contribution in [3.63, 3.8) is 0 Å². The standard InChI is InChI=1S/C19H19N5O3/c1-11-20-7-6-16(21-11)12-4-3-5-13(8-12)22-19(27)24-9-14-15(10-24)18(26)23(2)17(14)25/h3-8,14-15H,9-10H2,1-2H3,(H,22,27). The number of anilines is 1. The van der Waals surface area contributed by atoms with Gasteiger partial charge in [0, 0.05) is 37.6 Å². The molecule has 0 radical (unpaired) electrons. The molecule has 4 amide bonds. The number of rotatable bonds is 2. The summed E-state index contributed by atoms with van der Waals surface area (Å²) in [5.41, 5.74) is 2.26. The van der Waals surface area contributed by atoms with E-state index in [2.05, 4.69) is 15.3 Å². The summed E-state index contributed by atoms with van der Waals surface area (Å²) in [6.45, 7) is 2.34. The lowest BCUT2D eigenvalue weighted by atomic mass is 10.00. The van der Waals surface area contributed by atoms with E-state index >= 15 is 0 Å². The second-order valence-corrected chi connectivity index (χ2v) is 6.85. The van der Waals surface area contributed by atoms with Gasteiger partial charge in [-0.3, -0.25) is 14.5 Å². The first kappa shape index (κ1) is 17.1. The number of carbonyl (C=O) groups excluding carboxylic acids is 3. The molecule has 0 saturated carbocycles. The number of aromatic nitrogens is 2. The van der Waals surface area contributed by atoms with E-state index in [-0.39, 0.29) is 30.9 Å². The normalized spacial score (nSPS) is 21.6. The number of aryl methyl sites for hydroxylation is 1. The minimum Gasteiger partial charge on any atom is -0.323 e. The summed E-state index contributed by atoms with van der Waals surface area (Å²) in [5.74, 6) is -0.597. The number of hydrogen-bond donors (Lipinski definition) is 1. The van der Waals surface area contributed by atoms with Gasteiger partial charge in [-0.2, -0.15) is 0 Å². The van der Waals surface area contributed by atoms with E-state index in [9.17, 15) is 14.4 Å². The molecule has 2 unspecified atom stereocenters. The summed E-state index contributed by atoms with van der Waals surface area (Å²) in [4.78, 5) is 47.9. The molecule has 1 aromatic carbocycles. The fourth-order valence-electron chi connectivity index (χ4n) is 3.65. The maximum Gasteiger partial charge on any atom is 0.321 e. The minimum atomic E-state index is -0.427. The van der Waals surface area contributed by atoms with Crippen molar-refractivity contribution in [3.05, 3.63) is 42.4 Å². The zero-order valence-electron chi connectivity index (χ0n) is 15.0. The third-order valence-electron chi connectivity index (χ3n) is 5.09. The van der Waals surface area contributed by atoms with Crippen LogP contribution in [-0.2, 0) is 9.59 Å². The van der Waals surface area contributed by atoms with Crippen LogP contribution in [0.15, 0.2) is 36.5 Å². The van der Waals surface area contributed by atoms with Crippen LogP contribution in [0.2, 0.25) is 0 Å². The second kappa shape index (κ2) is 6.46. The molecule has 2 saturated heterocycles. The second-order valence-electron chi connectivity index (χ2n) is 6.85. The minimum absolute atomic E-state index is 0.207. The number of urea groups is 1. The molecule has 1 aromatic heterocycles. The zero-order chi connectivity index (χ0) is 19.1. The molecular formula is C19H19N5O3. The molecule has 4 rings (SSSR count). The molecule has 0 spiro atoms. The summed E-state index contributed by atoms with van der Waals surface area (Å²) in [5, 5.41) is 2.85. The van der Waals surface area contributed by atoms with E-state index in [0.29, 0.717) is 11.5 Å². The van der Waals surface area contributed by atoms with Gasteiger partial charge in [0.25, 0.3) is 0 Å². The monoisotopic (exact) mass is 365 g/mol. The Bertz CT molecular complexity index is 920. The molecule has 2 fully saturated rings. The molecule has 2 aromatic rings. The summed E-state index contributed by atoms with van der Waals surface area (Å²) >= 11 is 0. The number of likely N-dealkylation sites (tertiary alicyclic amines) is 2. The van der Waals surface area contributed by atoms with Gasteiger partial charge in [-0.25, -0.2) is 14.8 Å². The number of nitrogens with zero attached hydrogens (tertiary/aromatic N) is 4. The van der Waals surface area contributed by atoms with Crippen molar-refractivity contribution in [1.82, 2.24) is 19.8 Å². The Hall–Kier alpha value is -3.29. The maximum absolute atomic E-state index is 12.6. The Kier molecular flexibility index (Phi) is 4.10. The Balaban J connectivity index is 1.47. The number of amides is 4. The molecule has 3 heterocycles. The SMILES string of the molecule is Cc1nccc(-c2cccc(NC(=O)N3CC4C(=O)N(C)C(=O)C4C3)c2)n1. The van der Waals surface area contributed by atoms with Gasteiger partial charge >= 0.3 is 6.03 Å². The quantitative estimate of drug-likeness (QED) is 0.815. The molecule has 1 N–H and O–H groups in total. The molecule has 2 atom stereocenters. The van der Waals surface area contributed by atoms with Crippen LogP contribution in [0.5, 0.6) is 0 Å². The van der Waals surface area contributed by atoms with Crippen molar-refractivity contribution in [1.29, 1.82) is 0 Å². The van der Waals surface area contributed by atoms with Crippen LogP contribution in [0.25, 0.3) is 11.3 Å². The summed E-state index contributed by atoms with van der Waals surface area (Å²) in [6.07, 6.45) is 1.69. The highest BCUT2D eigenvalue weighted by Crippen LogP contribution is 2.33. The molecule has 27 heavy (non-hydrogen) atoms. The Morgan fingerprint density at radius 2 is 1.85 bits per heavy atom. The van der Waals surface area contributed by atoms with Gasteiger partial charge in [0.15, 0.2) is 0 Å². The van der Waals surface area contributed by atoms with Gasteiger partial charge in [0.2, 0.25) is 11.8 Å². The van der Waals surface area contributed by atoms with Crippen LogP contribution < -0.4 is 5.32 Å². The van der Waals surface area contributed by atoms with E-state index in [1.165, 1.54) is 11.9 Å². The van der Waals surface area contributed by atoms with Crippen molar-refractivity contribution in [2.24, 2.45) is 11.8 Å². The van der Waals surface area contributed by atoms with E-state index in [4.69, 9.17) is 0 Å². The summed E-state index contributed by atoms with van der Waals surface area (Å²) in [7, 11) is 1.49. The fourth-order valence-corrected chi connectivity index (χ4v) is 3.65. The van der Waals surface area contributed by atoms with Crippen LogP contribution in [-0.4, -0.2) is 57.8 Å². The largest absolute Gasteiger partial charge is 0.323 e. The molecule has 8 nitrogen and oxygen atoms in total. The van der Waals surface area contributed by atoms with Gasteiger partial charge in [-0.1, -0.05) is 12.1 Å². The van der Waals surface area contributed by atoms with Crippen LogP contribution in [0.3, 0.4) is 0 Å². The third kappa shape index (κ3) is 3.03. The third-order valence-corrected chi connectivity index (χ3v) is 5.09. The first-order valence-corrected chi connectivity index (χ1v) is 8.71. The molecule has 8 heteroatoms. The van der Waals surface area contributed by atoms with Crippen molar-refractivity contribution < 1.29 is 14.4 Å². The molecule has 0 bridgehead atoms. The highest BCUT2D eigenvalue weighted by atomic mass is 16.2. The maximum atomic E-state index is 12.6. The number of hydrogen-bond acceptors (Lipinski definition) is 5. The highest BCUT2D eigenvalue weighted by Gasteiger charge is 2.51. The van der Waals surface area contributed by atoms with Crippen molar-refractivity contribution in [2.45, 2.75) is 6.92 Å². The van der Waals surface area contributed by atoms with Gasteiger partial charge < -0.3 is 10.2 Å². The van der Waals surface area contributed by atoms with E-state index in [1.807, 2.05) is 31.2 Å². The summed E-state index contributed by atoms with van der Waals surface area (Å²) in [6, 6.07) is 8.86. The van der Waals surface area contributed by atoms with E-state index in [1.54, 1.807) is 12.3 Å². The topological polar surface area (TPSA) is 95.5 Å². The number of fused-ring (bicyclic) bond motifs is 1. The lowest BCUT2D eigenvalue weighted by molar-refractivity contribution is -0.138. The van der Waals surface area contributed by atoms with Crippen molar-refractivity contribution in [2.75, 3.05) is 25.5 Å². The number of carbonyl (C=O) groups is 3. The predicted molar refractivity (Wildman–Crippen MR) is 97.6 cm³/mol. The van der Waals surface area contributed by atoms with Crippen LogP contribution in [0.4, 0.5) is 10.5 Å². The van der Waals surface area contributed by atoms with Crippen LogP contribution in [0, 0.1) is 18.8 Å². The van der Waals surface area contributed by atoms with Crippen LogP contribution >= 0.6 is 0 Å². The van der Waals surface area contributed by atoms with Gasteiger partial charge in [-0.15, -0.1) is 0 Å². The molecular weight excluding hydrogens is 346 g/mol. The smallest absolute Gasteiger partial charge is 0.321 e. The number of imide groups is 1. The first-order chi connectivity index (χ1) is 12.9. The Labute approximate surface area is 156 Å². The molecule has 2 aliphatic heterocycles.